The van der Waals surface area contributed by atoms with E-state index in [9.17, 15) is 0 Å². The molecule has 1 aromatic heterocycles. The summed E-state index contributed by atoms with van der Waals surface area (Å²) in [5.74, 6) is 0.600. The molecule has 0 aliphatic heterocycles. The molecular weight excluding hydrogens is 272 g/mol. The second-order valence-corrected chi connectivity index (χ2v) is 6.31. The number of rotatable bonds is 4. The molecule has 1 aromatic carbocycles. The van der Waals surface area contributed by atoms with E-state index in [0.29, 0.717) is 12.0 Å². The highest BCUT2D eigenvalue weighted by atomic mass is 15.1. The zero-order valence-corrected chi connectivity index (χ0v) is 13.4. The highest BCUT2D eigenvalue weighted by molar-refractivity contribution is 5.86. The fourth-order valence-electron chi connectivity index (χ4n) is 3.37. The molecule has 0 saturated heterocycles. The Kier molecular flexibility index (Phi) is 4.66. The van der Waals surface area contributed by atoms with Crippen LogP contribution in [0.25, 0.3) is 10.9 Å². The molecule has 22 heavy (non-hydrogen) atoms. The van der Waals surface area contributed by atoms with Gasteiger partial charge in [0.1, 0.15) is 0 Å². The van der Waals surface area contributed by atoms with Crippen LogP contribution in [-0.2, 0) is 6.42 Å². The van der Waals surface area contributed by atoms with Gasteiger partial charge in [-0.2, -0.15) is 0 Å². The number of benzene rings is 1. The Hall–Kier alpha value is -1.97. The summed E-state index contributed by atoms with van der Waals surface area (Å²) in [7, 11) is 0. The topological polar surface area (TPSA) is 66.2 Å². The van der Waals surface area contributed by atoms with Crippen molar-refractivity contribution in [1.82, 2.24) is 10.3 Å². The van der Waals surface area contributed by atoms with E-state index in [2.05, 4.69) is 46.6 Å². The molecule has 0 bridgehead atoms. The lowest BCUT2D eigenvalue weighted by Gasteiger charge is -2.23. The van der Waals surface area contributed by atoms with Gasteiger partial charge in [-0.05, 0) is 37.3 Å². The molecule has 0 unspecified atom stereocenters. The zero-order valence-electron chi connectivity index (χ0n) is 13.4. The number of aromatic amines is 1. The SMILES string of the molecule is Cc1cccc2c(CCN=C(N)NC3CCCCC3)c[nH]c12. The van der Waals surface area contributed by atoms with Gasteiger partial charge in [0, 0.05) is 29.7 Å². The minimum absolute atomic E-state index is 0.522. The maximum Gasteiger partial charge on any atom is 0.188 e. The molecule has 1 fully saturated rings. The van der Waals surface area contributed by atoms with Crippen LogP contribution in [0.1, 0.15) is 43.2 Å². The molecule has 4 nitrogen and oxygen atoms in total. The number of aromatic nitrogens is 1. The van der Waals surface area contributed by atoms with Gasteiger partial charge in [-0.3, -0.25) is 4.99 Å². The summed E-state index contributed by atoms with van der Waals surface area (Å²) in [6, 6.07) is 6.93. The van der Waals surface area contributed by atoms with Crippen LogP contribution < -0.4 is 11.1 Å². The van der Waals surface area contributed by atoms with Gasteiger partial charge in [-0.15, -0.1) is 0 Å². The van der Waals surface area contributed by atoms with Crippen LogP contribution in [0.2, 0.25) is 0 Å². The number of H-pyrrole nitrogens is 1. The minimum atomic E-state index is 0.522. The van der Waals surface area contributed by atoms with E-state index in [0.717, 1.165) is 13.0 Å². The second-order valence-electron chi connectivity index (χ2n) is 6.31. The fraction of sp³-hybridized carbons (Fsp3) is 0.500. The van der Waals surface area contributed by atoms with E-state index < -0.39 is 0 Å². The number of hydrogen-bond donors (Lipinski definition) is 3. The quantitative estimate of drug-likeness (QED) is 0.599. The van der Waals surface area contributed by atoms with Crippen molar-refractivity contribution in [3.63, 3.8) is 0 Å². The molecule has 1 aliphatic carbocycles. The van der Waals surface area contributed by atoms with E-state index in [4.69, 9.17) is 5.73 Å². The van der Waals surface area contributed by atoms with Crippen molar-refractivity contribution >= 4 is 16.9 Å². The Morgan fingerprint density at radius 3 is 2.95 bits per heavy atom. The maximum absolute atomic E-state index is 6.01. The van der Waals surface area contributed by atoms with E-state index in [1.165, 1.54) is 54.1 Å². The van der Waals surface area contributed by atoms with Gasteiger partial charge in [-0.25, -0.2) is 0 Å². The first kappa shape index (κ1) is 14.9. The van der Waals surface area contributed by atoms with Gasteiger partial charge in [0.25, 0.3) is 0 Å². The third-order valence-corrected chi connectivity index (χ3v) is 4.63. The average Bonchev–Trinajstić information content (AvgIpc) is 2.93. The van der Waals surface area contributed by atoms with Gasteiger partial charge in [0.15, 0.2) is 5.96 Å². The number of hydrogen-bond acceptors (Lipinski definition) is 1. The van der Waals surface area contributed by atoms with Crippen molar-refractivity contribution < 1.29 is 0 Å². The fourth-order valence-corrected chi connectivity index (χ4v) is 3.37. The summed E-state index contributed by atoms with van der Waals surface area (Å²) in [6.45, 7) is 2.86. The Bertz CT molecular complexity index is 650. The van der Waals surface area contributed by atoms with Crippen LogP contribution in [0.4, 0.5) is 0 Å². The van der Waals surface area contributed by atoms with Crippen molar-refractivity contribution in [3.05, 3.63) is 35.5 Å². The molecule has 4 heteroatoms. The lowest BCUT2D eigenvalue weighted by molar-refractivity contribution is 0.412. The summed E-state index contributed by atoms with van der Waals surface area (Å²) >= 11 is 0. The van der Waals surface area contributed by atoms with Gasteiger partial charge >= 0.3 is 0 Å². The lowest BCUT2D eigenvalue weighted by Crippen LogP contribution is -2.41. The normalized spacial score (nSPS) is 17.0. The van der Waals surface area contributed by atoms with E-state index in [-0.39, 0.29) is 0 Å². The number of para-hydroxylation sites is 1. The van der Waals surface area contributed by atoms with E-state index >= 15 is 0 Å². The molecule has 1 aliphatic rings. The zero-order chi connectivity index (χ0) is 15.4. The van der Waals surface area contributed by atoms with Crippen LogP contribution in [0.15, 0.2) is 29.4 Å². The number of aryl methyl sites for hydroxylation is 1. The summed E-state index contributed by atoms with van der Waals surface area (Å²) < 4.78 is 0. The van der Waals surface area contributed by atoms with Gasteiger partial charge in [-0.1, -0.05) is 37.5 Å². The van der Waals surface area contributed by atoms with E-state index in [1.807, 2.05) is 0 Å². The van der Waals surface area contributed by atoms with Crippen LogP contribution in [-0.4, -0.2) is 23.5 Å². The first-order valence-electron chi connectivity index (χ1n) is 8.36. The molecule has 4 N–H and O–H groups in total. The number of aliphatic imine (C=N–C) groups is 1. The minimum Gasteiger partial charge on any atom is -0.370 e. The third-order valence-electron chi connectivity index (χ3n) is 4.63. The molecule has 0 radical (unpaired) electrons. The summed E-state index contributed by atoms with van der Waals surface area (Å²) in [5.41, 5.74) is 9.84. The first-order chi connectivity index (χ1) is 10.7. The number of nitrogens with two attached hydrogens (primary N) is 1. The molecule has 1 saturated carbocycles. The van der Waals surface area contributed by atoms with Crippen molar-refractivity contribution in [1.29, 1.82) is 0 Å². The van der Waals surface area contributed by atoms with Crippen LogP contribution >= 0.6 is 0 Å². The standard InChI is InChI=1S/C18H26N4/c1-13-6-5-9-16-14(12-21-17(13)16)10-11-20-18(19)22-15-7-3-2-4-8-15/h5-6,9,12,15,21H,2-4,7-8,10-11H2,1H3,(H3,19,20,22). The molecule has 118 valence electrons. The van der Waals surface area contributed by atoms with Crippen molar-refractivity contribution in [2.24, 2.45) is 10.7 Å². The Morgan fingerprint density at radius 1 is 1.32 bits per heavy atom. The molecule has 3 rings (SSSR count). The summed E-state index contributed by atoms with van der Waals surface area (Å²) in [6.07, 6.45) is 9.42. The molecular formula is C18H26N4. The Morgan fingerprint density at radius 2 is 2.14 bits per heavy atom. The average molecular weight is 298 g/mol. The number of guanidine groups is 1. The molecule has 2 aromatic rings. The van der Waals surface area contributed by atoms with Gasteiger partial charge < -0.3 is 16.0 Å². The smallest absolute Gasteiger partial charge is 0.188 e. The second kappa shape index (κ2) is 6.86. The van der Waals surface area contributed by atoms with Crippen molar-refractivity contribution in [2.45, 2.75) is 51.5 Å². The predicted molar refractivity (Wildman–Crippen MR) is 93.2 cm³/mol. The van der Waals surface area contributed by atoms with Crippen molar-refractivity contribution in [3.8, 4) is 0 Å². The van der Waals surface area contributed by atoms with Gasteiger partial charge in [0.2, 0.25) is 0 Å². The van der Waals surface area contributed by atoms with E-state index in [1.54, 1.807) is 0 Å². The molecule has 1 heterocycles. The summed E-state index contributed by atoms with van der Waals surface area (Å²) in [5, 5.41) is 4.67. The highest BCUT2D eigenvalue weighted by Gasteiger charge is 2.13. The summed E-state index contributed by atoms with van der Waals surface area (Å²) in [4.78, 5) is 7.86. The largest absolute Gasteiger partial charge is 0.370 e. The lowest BCUT2D eigenvalue weighted by atomic mass is 9.96. The monoisotopic (exact) mass is 298 g/mol. The molecule has 0 atom stereocenters. The maximum atomic E-state index is 6.01. The molecule has 0 spiro atoms. The number of nitrogens with one attached hydrogen (secondary N) is 2. The van der Waals surface area contributed by atoms with Gasteiger partial charge in [0.05, 0.1) is 0 Å². The third kappa shape index (κ3) is 3.43. The Balaban J connectivity index is 1.57. The molecule has 0 amide bonds. The predicted octanol–water partition coefficient (Wildman–Crippen LogP) is 3.26. The highest BCUT2D eigenvalue weighted by Crippen LogP contribution is 2.21. The van der Waals surface area contributed by atoms with Crippen LogP contribution in [0.3, 0.4) is 0 Å². The van der Waals surface area contributed by atoms with Crippen molar-refractivity contribution in [2.75, 3.05) is 6.54 Å². The van der Waals surface area contributed by atoms with Crippen LogP contribution in [0, 0.1) is 6.92 Å². The van der Waals surface area contributed by atoms with Crippen LogP contribution in [0.5, 0.6) is 0 Å². The Labute approximate surface area is 132 Å². The first-order valence-corrected chi connectivity index (χ1v) is 8.36. The number of fused-ring (bicyclic) bond motifs is 1. The number of nitrogens with zero attached hydrogens (tertiary/aromatic N) is 1.